The smallest absolute Gasteiger partial charge is 0.321 e. The van der Waals surface area contributed by atoms with Crippen LogP contribution in [0.5, 0.6) is 11.5 Å². The molecule has 1 unspecified atom stereocenters. The van der Waals surface area contributed by atoms with Gasteiger partial charge in [0.2, 0.25) is 5.91 Å². The highest BCUT2D eigenvalue weighted by atomic mass is 16.5. The van der Waals surface area contributed by atoms with E-state index in [1.54, 1.807) is 34.4 Å². The Morgan fingerprint density at radius 3 is 2.26 bits per heavy atom. The number of carbonyl (C=O) groups excluding carboxylic acids is 2. The van der Waals surface area contributed by atoms with E-state index in [4.69, 9.17) is 14.5 Å². The first kappa shape index (κ1) is 22.8. The second-order valence-electron chi connectivity index (χ2n) is 7.71. The minimum absolute atomic E-state index is 0.177. The van der Waals surface area contributed by atoms with Gasteiger partial charge in [-0.15, -0.1) is 0 Å². The molecule has 34 heavy (non-hydrogen) atoms. The predicted molar refractivity (Wildman–Crippen MR) is 133 cm³/mol. The van der Waals surface area contributed by atoms with Gasteiger partial charge in [-0.3, -0.25) is 14.7 Å². The molecule has 8 heteroatoms. The molecule has 0 saturated carbocycles. The van der Waals surface area contributed by atoms with Crippen LogP contribution in [-0.2, 0) is 4.79 Å². The van der Waals surface area contributed by atoms with Crippen molar-refractivity contribution < 1.29 is 19.1 Å². The Morgan fingerprint density at radius 2 is 1.65 bits per heavy atom. The Kier molecular flexibility index (Phi) is 6.49. The summed E-state index contributed by atoms with van der Waals surface area (Å²) in [4.78, 5) is 31.5. The van der Waals surface area contributed by atoms with Crippen molar-refractivity contribution in [2.75, 3.05) is 38.5 Å². The van der Waals surface area contributed by atoms with Crippen molar-refractivity contribution in [3.05, 3.63) is 77.9 Å². The summed E-state index contributed by atoms with van der Waals surface area (Å²) in [5.41, 5.74) is 4.25. The summed E-state index contributed by atoms with van der Waals surface area (Å²) in [6.45, 7) is 0. The van der Waals surface area contributed by atoms with Gasteiger partial charge >= 0.3 is 6.03 Å². The molecule has 3 amide bonds. The van der Waals surface area contributed by atoms with Crippen molar-refractivity contribution in [3.8, 4) is 11.5 Å². The van der Waals surface area contributed by atoms with Gasteiger partial charge in [0.05, 0.1) is 25.6 Å². The molecule has 0 aromatic heterocycles. The Morgan fingerprint density at radius 1 is 1.00 bits per heavy atom. The number of carbonyl (C=O) groups is 2. The largest absolute Gasteiger partial charge is 0.493 e. The van der Waals surface area contributed by atoms with Crippen molar-refractivity contribution in [2.24, 2.45) is 4.99 Å². The number of benzene rings is 3. The van der Waals surface area contributed by atoms with Gasteiger partial charge < -0.3 is 20.1 Å². The average Bonchev–Trinajstić information content (AvgIpc) is 3.20. The maximum atomic E-state index is 13.2. The number of hydrogen-bond donors (Lipinski definition) is 2. The molecule has 0 aliphatic carbocycles. The lowest BCUT2D eigenvalue weighted by Gasteiger charge is -2.17. The van der Waals surface area contributed by atoms with E-state index < -0.39 is 5.92 Å². The standard InChI is InChI=1S/C26H26N4O4/c1-27-26(32)30(2)18-12-10-17(11-13-18)28-24(16-8-6-5-7-9-16)23-19-14-21(33-3)22(34-4)15-20(19)29-25(23)31/h5-15,23H,1-4H3,(H,27,32)(H,29,31). The van der Waals surface area contributed by atoms with Crippen LogP contribution in [0.3, 0.4) is 0 Å². The zero-order chi connectivity index (χ0) is 24.2. The number of hydrogen-bond acceptors (Lipinski definition) is 5. The van der Waals surface area contributed by atoms with E-state index in [-0.39, 0.29) is 11.9 Å². The second-order valence-corrected chi connectivity index (χ2v) is 7.71. The molecule has 0 radical (unpaired) electrons. The quantitative estimate of drug-likeness (QED) is 0.538. The van der Waals surface area contributed by atoms with Crippen LogP contribution in [0.1, 0.15) is 17.0 Å². The number of ether oxygens (including phenoxy) is 2. The van der Waals surface area contributed by atoms with Crippen LogP contribution in [0.25, 0.3) is 0 Å². The van der Waals surface area contributed by atoms with Crippen molar-refractivity contribution in [2.45, 2.75) is 5.92 Å². The van der Waals surface area contributed by atoms with Crippen molar-refractivity contribution in [1.82, 2.24) is 5.32 Å². The molecular weight excluding hydrogens is 432 g/mol. The first-order valence-electron chi connectivity index (χ1n) is 10.7. The van der Waals surface area contributed by atoms with E-state index >= 15 is 0 Å². The van der Waals surface area contributed by atoms with Gasteiger partial charge in [0, 0.05) is 31.5 Å². The Hall–Kier alpha value is -4.33. The van der Waals surface area contributed by atoms with Gasteiger partial charge in [-0.1, -0.05) is 30.3 Å². The fourth-order valence-corrected chi connectivity index (χ4v) is 3.94. The SMILES string of the molecule is CNC(=O)N(C)c1ccc(N=C(c2ccccc2)C2C(=O)Nc3cc(OC)c(OC)cc32)cc1. The van der Waals surface area contributed by atoms with Gasteiger partial charge in [-0.2, -0.15) is 0 Å². The van der Waals surface area contributed by atoms with Crippen LogP contribution < -0.4 is 25.0 Å². The maximum Gasteiger partial charge on any atom is 0.321 e. The minimum Gasteiger partial charge on any atom is -0.493 e. The van der Waals surface area contributed by atoms with Gasteiger partial charge in [0.25, 0.3) is 0 Å². The van der Waals surface area contributed by atoms with E-state index in [2.05, 4.69) is 10.6 Å². The number of rotatable bonds is 6. The van der Waals surface area contributed by atoms with Gasteiger partial charge in [-0.25, -0.2) is 4.79 Å². The molecule has 2 N–H and O–H groups in total. The molecule has 0 fully saturated rings. The fourth-order valence-electron chi connectivity index (χ4n) is 3.94. The highest BCUT2D eigenvalue weighted by Crippen LogP contribution is 2.42. The van der Waals surface area contributed by atoms with Crippen LogP contribution >= 0.6 is 0 Å². The number of methoxy groups -OCH3 is 2. The first-order valence-corrected chi connectivity index (χ1v) is 10.7. The zero-order valence-corrected chi connectivity index (χ0v) is 19.5. The molecule has 3 aromatic rings. The molecule has 0 spiro atoms. The van der Waals surface area contributed by atoms with Crippen molar-refractivity contribution >= 4 is 34.7 Å². The lowest BCUT2D eigenvalue weighted by atomic mass is 9.90. The molecule has 0 saturated heterocycles. The van der Waals surface area contributed by atoms with Crippen molar-refractivity contribution in [3.63, 3.8) is 0 Å². The highest BCUT2D eigenvalue weighted by molar-refractivity contribution is 6.24. The van der Waals surface area contributed by atoms with E-state index in [9.17, 15) is 9.59 Å². The van der Waals surface area contributed by atoms with Crippen LogP contribution in [-0.4, -0.2) is 46.0 Å². The van der Waals surface area contributed by atoms with Gasteiger partial charge in [0.15, 0.2) is 11.5 Å². The lowest BCUT2D eigenvalue weighted by Crippen LogP contribution is -2.34. The van der Waals surface area contributed by atoms with E-state index in [0.29, 0.717) is 28.6 Å². The highest BCUT2D eigenvalue weighted by Gasteiger charge is 2.36. The van der Waals surface area contributed by atoms with Crippen LogP contribution in [0, 0.1) is 0 Å². The topological polar surface area (TPSA) is 92.3 Å². The van der Waals surface area contributed by atoms with E-state index in [1.807, 2.05) is 60.7 Å². The molecule has 174 valence electrons. The van der Waals surface area contributed by atoms with Crippen LogP contribution in [0.4, 0.5) is 21.9 Å². The summed E-state index contributed by atoms with van der Waals surface area (Å²) < 4.78 is 10.9. The first-order chi connectivity index (χ1) is 16.5. The molecule has 0 bridgehead atoms. The summed E-state index contributed by atoms with van der Waals surface area (Å²) >= 11 is 0. The number of nitrogens with one attached hydrogen (secondary N) is 2. The maximum absolute atomic E-state index is 13.2. The molecule has 1 atom stereocenters. The Labute approximate surface area is 198 Å². The van der Waals surface area contributed by atoms with Crippen molar-refractivity contribution in [1.29, 1.82) is 0 Å². The third kappa shape index (κ3) is 4.30. The Balaban J connectivity index is 1.80. The molecule has 1 aliphatic rings. The second kappa shape index (κ2) is 9.66. The molecule has 4 rings (SSSR count). The van der Waals surface area contributed by atoms with Gasteiger partial charge in [0.1, 0.15) is 5.92 Å². The number of anilines is 2. The average molecular weight is 459 g/mol. The van der Waals surface area contributed by atoms with Crippen LogP contribution in [0.15, 0.2) is 71.7 Å². The summed E-state index contributed by atoms with van der Waals surface area (Å²) in [6.07, 6.45) is 0. The predicted octanol–water partition coefficient (Wildman–Crippen LogP) is 4.34. The molecule has 1 aliphatic heterocycles. The van der Waals surface area contributed by atoms with E-state index in [0.717, 1.165) is 16.8 Å². The molecule has 1 heterocycles. The third-order valence-electron chi connectivity index (χ3n) is 5.73. The van der Waals surface area contributed by atoms with Crippen LogP contribution in [0.2, 0.25) is 0 Å². The summed E-state index contributed by atoms with van der Waals surface area (Å²) in [5, 5.41) is 5.54. The molecule has 3 aromatic carbocycles. The fraction of sp³-hybridized carbons (Fsp3) is 0.192. The Bertz CT molecular complexity index is 1240. The number of nitrogens with zero attached hydrogens (tertiary/aromatic N) is 2. The normalized spacial score (nSPS) is 14.8. The summed E-state index contributed by atoms with van der Waals surface area (Å²) in [6, 6.07) is 20.2. The van der Waals surface area contributed by atoms with E-state index in [1.165, 1.54) is 4.90 Å². The van der Waals surface area contributed by atoms with Gasteiger partial charge in [-0.05, 0) is 41.5 Å². The summed E-state index contributed by atoms with van der Waals surface area (Å²) in [7, 11) is 6.39. The zero-order valence-electron chi connectivity index (χ0n) is 19.5. The minimum atomic E-state index is -0.634. The number of amides is 3. The molecular formula is C26H26N4O4. The molecule has 8 nitrogen and oxygen atoms in total. The monoisotopic (exact) mass is 458 g/mol. The summed E-state index contributed by atoms with van der Waals surface area (Å²) in [5.74, 6) is 0.266. The lowest BCUT2D eigenvalue weighted by molar-refractivity contribution is -0.115. The third-order valence-corrected chi connectivity index (χ3v) is 5.73. The number of fused-ring (bicyclic) bond motifs is 1. The number of aliphatic imine (C=N–C) groups is 1. The number of urea groups is 1.